The quantitative estimate of drug-likeness (QED) is 0.628. The van der Waals surface area contributed by atoms with Crippen molar-refractivity contribution in [2.24, 2.45) is 7.05 Å². The van der Waals surface area contributed by atoms with E-state index in [1.165, 1.54) is 0 Å². The number of nitrogens with one attached hydrogen (secondary N) is 1. The van der Waals surface area contributed by atoms with Crippen LogP contribution < -0.4 is 5.32 Å². The van der Waals surface area contributed by atoms with Crippen LogP contribution in [0.3, 0.4) is 0 Å². The third kappa shape index (κ3) is 4.56. The number of aromatic nitrogens is 5. The lowest BCUT2D eigenvalue weighted by molar-refractivity contribution is -0.129. The van der Waals surface area contributed by atoms with E-state index in [4.69, 9.17) is 0 Å². The zero-order valence-corrected chi connectivity index (χ0v) is 18.2. The highest BCUT2D eigenvalue weighted by molar-refractivity contribution is 7.13. The number of carbonyl (C=O) groups is 1. The Morgan fingerprint density at radius 2 is 2.13 bits per heavy atom. The molecule has 30 heavy (non-hydrogen) atoms. The van der Waals surface area contributed by atoms with Gasteiger partial charge in [-0.3, -0.25) is 9.48 Å². The van der Waals surface area contributed by atoms with Crippen LogP contribution in [0.5, 0.6) is 0 Å². The summed E-state index contributed by atoms with van der Waals surface area (Å²) in [7, 11) is 1.86. The van der Waals surface area contributed by atoms with Gasteiger partial charge in [-0.25, -0.2) is 15.0 Å². The predicted octanol–water partition coefficient (Wildman–Crippen LogP) is 3.79. The van der Waals surface area contributed by atoms with Crippen molar-refractivity contribution < 1.29 is 4.79 Å². The molecule has 1 atom stereocenters. The molecular formula is C21H25N7OS. The van der Waals surface area contributed by atoms with Crippen molar-refractivity contribution in [2.45, 2.75) is 39.2 Å². The largest absolute Gasteiger partial charge is 0.331 e. The molecule has 156 valence electrons. The first kappa shape index (κ1) is 20.2. The Labute approximate surface area is 179 Å². The number of likely N-dealkylation sites (tertiary alicyclic amines) is 1. The summed E-state index contributed by atoms with van der Waals surface area (Å²) in [5.41, 5.74) is 2.72. The highest BCUT2D eigenvalue weighted by atomic mass is 32.1. The number of hydrogen-bond donors (Lipinski definition) is 1. The number of piperidine rings is 1. The Kier molecular flexibility index (Phi) is 5.89. The van der Waals surface area contributed by atoms with Gasteiger partial charge in [0.25, 0.3) is 0 Å². The van der Waals surface area contributed by atoms with Gasteiger partial charge in [-0.1, -0.05) is 0 Å². The SMILES string of the molecule is Cc1csc(Nc2cc([C@@H]3CCCCN3C(=O)/C=C/c3ccnn3C)nc(C)n2)n1. The van der Waals surface area contributed by atoms with Gasteiger partial charge >= 0.3 is 0 Å². The van der Waals surface area contributed by atoms with E-state index in [9.17, 15) is 4.79 Å². The van der Waals surface area contributed by atoms with Crippen molar-refractivity contribution in [3.05, 3.63) is 52.7 Å². The summed E-state index contributed by atoms with van der Waals surface area (Å²) in [5.74, 6) is 1.36. The van der Waals surface area contributed by atoms with Gasteiger partial charge in [-0.05, 0) is 45.3 Å². The molecule has 0 aliphatic carbocycles. The van der Waals surface area contributed by atoms with Gasteiger partial charge in [0.05, 0.1) is 23.1 Å². The first-order valence-corrected chi connectivity index (χ1v) is 10.9. The second kappa shape index (κ2) is 8.74. The second-order valence-electron chi connectivity index (χ2n) is 7.40. The number of rotatable bonds is 5. The summed E-state index contributed by atoms with van der Waals surface area (Å²) in [4.78, 5) is 28.5. The summed E-state index contributed by atoms with van der Waals surface area (Å²) < 4.78 is 1.74. The molecular weight excluding hydrogens is 398 g/mol. The fraction of sp³-hybridized carbons (Fsp3) is 0.381. The summed E-state index contributed by atoms with van der Waals surface area (Å²) in [6.45, 7) is 4.55. The molecule has 3 aromatic heterocycles. The molecule has 0 unspecified atom stereocenters. The summed E-state index contributed by atoms with van der Waals surface area (Å²) in [5, 5.41) is 10.2. The van der Waals surface area contributed by atoms with Crippen molar-refractivity contribution in [1.82, 2.24) is 29.6 Å². The van der Waals surface area contributed by atoms with Crippen molar-refractivity contribution in [1.29, 1.82) is 0 Å². The van der Waals surface area contributed by atoms with Gasteiger partial charge in [0, 0.05) is 37.3 Å². The molecule has 0 spiro atoms. The highest BCUT2D eigenvalue weighted by Crippen LogP contribution is 2.32. The summed E-state index contributed by atoms with van der Waals surface area (Å²) in [6, 6.07) is 3.75. The average Bonchev–Trinajstić information content (AvgIpc) is 3.33. The third-order valence-electron chi connectivity index (χ3n) is 5.09. The molecule has 4 heterocycles. The zero-order chi connectivity index (χ0) is 21.1. The third-order valence-corrected chi connectivity index (χ3v) is 5.97. The Morgan fingerprint density at radius 3 is 2.87 bits per heavy atom. The average molecular weight is 424 g/mol. The van der Waals surface area contributed by atoms with Crippen molar-refractivity contribution >= 4 is 34.3 Å². The topological polar surface area (TPSA) is 88.8 Å². The molecule has 0 bridgehead atoms. The zero-order valence-electron chi connectivity index (χ0n) is 17.4. The normalized spacial score (nSPS) is 16.9. The number of hydrogen-bond acceptors (Lipinski definition) is 7. The van der Waals surface area contributed by atoms with Gasteiger partial charge in [0.1, 0.15) is 11.6 Å². The van der Waals surface area contributed by atoms with E-state index in [1.54, 1.807) is 28.3 Å². The van der Waals surface area contributed by atoms with E-state index >= 15 is 0 Å². The first-order chi connectivity index (χ1) is 14.5. The van der Waals surface area contributed by atoms with Crippen LogP contribution in [-0.2, 0) is 11.8 Å². The van der Waals surface area contributed by atoms with E-state index in [1.807, 2.05) is 49.4 Å². The van der Waals surface area contributed by atoms with Crippen LogP contribution in [-0.4, -0.2) is 42.1 Å². The van der Waals surface area contributed by atoms with Crippen LogP contribution in [0.15, 0.2) is 29.8 Å². The van der Waals surface area contributed by atoms with Crippen LogP contribution in [0.1, 0.15) is 48.2 Å². The fourth-order valence-corrected chi connectivity index (χ4v) is 4.34. The van der Waals surface area contributed by atoms with Crippen LogP contribution in [0, 0.1) is 13.8 Å². The standard InChI is InChI=1S/C21H25N7OS/c1-14-13-30-21(23-14)26-19-12-17(24-15(2)25-19)18-6-4-5-11-28(18)20(29)8-7-16-9-10-22-27(16)3/h7-10,12-13,18H,4-6,11H2,1-3H3,(H,23,24,25,26)/b8-7+/t18-/m0/s1. The number of nitrogens with zero attached hydrogens (tertiary/aromatic N) is 6. The van der Waals surface area contributed by atoms with Crippen molar-refractivity contribution in [3.63, 3.8) is 0 Å². The lowest BCUT2D eigenvalue weighted by atomic mass is 9.98. The molecule has 1 fully saturated rings. The minimum absolute atomic E-state index is 0.0118. The molecule has 9 heteroatoms. The van der Waals surface area contributed by atoms with Crippen LogP contribution in [0.25, 0.3) is 6.08 Å². The summed E-state index contributed by atoms with van der Waals surface area (Å²) in [6.07, 6.45) is 8.10. The Morgan fingerprint density at radius 1 is 1.27 bits per heavy atom. The molecule has 0 radical (unpaired) electrons. The summed E-state index contributed by atoms with van der Waals surface area (Å²) >= 11 is 1.54. The number of carbonyl (C=O) groups excluding carboxylic acids is 1. The van der Waals surface area contributed by atoms with E-state index in [0.717, 1.165) is 48.0 Å². The van der Waals surface area contributed by atoms with Gasteiger partial charge in [0.2, 0.25) is 5.91 Å². The van der Waals surface area contributed by atoms with E-state index in [2.05, 4.69) is 25.4 Å². The number of anilines is 2. The molecule has 1 N–H and O–H groups in total. The lowest BCUT2D eigenvalue weighted by Gasteiger charge is -2.35. The molecule has 1 saturated heterocycles. The van der Waals surface area contributed by atoms with Crippen molar-refractivity contribution in [2.75, 3.05) is 11.9 Å². The van der Waals surface area contributed by atoms with E-state index in [0.29, 0.717) is 11.6 Å². The van der Waals surface area contributed by atoms with Gasteiger partial charge in [-0.2, -0.15) is 5.10 Å². The number of aryl methyl sites for hydroxylation is 3. The Hall–Kier alpha value is -3.07. The Balaban J connectivity index is 1.56. The maximum atomic E-state index is 13.0. The molecule has 4 rings (SSSR count). The highest BCUT2D eigenvalue weighted by Gasteiger charge is 2.28. The minimum Gasteiger partial charge on any atom is -0.331 e. The second-order valence-corrected chi connectivity index (χ2v) is 8.26. The van der Waals surface area contributed by atoms with E-state index < -0.39 is 0 Å². The molecule has 3 aromatic rings. The maximum Gasteiger partial charge on any atom is 0.247 e. The Bertz CT molecular complexity index is 1070. The predicted molar refractivity (Wildman–Crippen MR) is 117 cm³/mol. The van der Waals surface area contributed by atoms with Crippen LogP contribution in [0.2, 0.25) is 0 Å². The molecule has 1 amide bonds. The molecule has 1 aliphatic rings. The van der Waals surface area contributed by atoms with Gasteiger partial charge in [-0.15, -0.1) is 11.3 Å². The van der Waals surface area contributed by atoms with Crippen LogP contribution >= 0.6 is 11.3 Å². The maximum absolute atomic E-state index is 13.0. The van der Waals surface area contributed by atoms with Gasteiger partial charge in [0.15, 0.2) is 5.13 Å². The minimum atomic E-state index is -0.0669. The van der Waals surface area contributed by atoms with Gasteiger partial charge < -0.3 is 10.2 Å². The molecule has 1 aliphatic heterocycles. The molecule has 0 aromatic carbocycles. The van der Waals surface area contributed by atoms with E-state index in [-0.39, 0.29) is 11.9 Å². The smallest absolute Gasteiger partial charge is 0.247 e. The van der Waals surface area contributed by atoms with Crippen LogP contribution in [0.4, 0.5) is 10.9 Å². The number of thiazole rings is 1. The fourth-order valence-electron chi connectivity index (χ4n) is 3.65. The molecule has 8 nitrogen and oxygen atoms in total. The monoisotopic (exact) mass is 423 g/mol. The first-order valence-electron chi connectivity index (χ1n) is 10.0. The lowest BCUT2D eigenvalue weighted by Crippen LogP contribution is -2.38. The number of amides is 1. The molecule has 0 saturated carbocycles. The van der Waals surface area contributed by atoms with Crippen molar-refractivity contribution in [3.8, 4) is 0 Å².